The topological polar surface area (TPSA) is 78.5 Å². The Kier molecular flexibility index (Phi) is 4.29. The third-order valence-electron chi connectivity index (χ3n) is 3.41. The van der Waals surface area contributed by atoms with Crippen LogP contribution in [0.25, 0.3) is 0 Å². The minimum atomic E-state index is -3.69. The number of para-hydroxylation sites is 1. The smallest absolute Gasteiger partial charge is 0.245 e. The van der Waals surface area contributed by atoms with Crippen LogP contribution in [0, 0.1) is 0 Å². The summed E-state index contributed by atoms with van der Waals surface area (Å²) < 4.78 is 26.9. The molecule has 1 saturated heterocycles. The average molecular weight is 297 g/mol. The Morgan fingerprint density at radius 3 is 2.75 bits per heavy atom. The fourth-order valence-corrected chi connectivity index (χ4v) is 4.26. The molecular weight excluding hydrogens is 278 g/mol. The minimum Gasteiger partial charge on any atom is -0.387 e. The van der Waals surface area contributed by atoms with Crippen LogP contribution < -0.4 is 10.6 Å². The maximum absolute atomic E-state index is 12.8. The highest BCUT2D eigenvalue weighted by atomic mass is 32.2. The van der Waals surface area contributed by atoms with Gasteiger partial charge in [-0.2, -0.15) is 4.31 Å². The maximum atomic E-state index is 12.8. The van der Waals surface area contributed by atoms with Crippen molar-refractivity contribution in [2.24, 2.45) is 0 Å². The van der Waals surface area contributed by atoms with Gasteiger partial charge in [0.25, 0.3) is 0 Å². The summed E-state index contributed by atoms with van der Waals surface area (Å²) in [6, 6.07) is 6.07. The van der Waals surface area contributed by atoms with Gasteiger partial charge in [0.05, 0.1) is 5.69 Å². The first-order valence-electron chi connectivity index (χ1n) is 6.58. The van der Waals surface area contributed by atoms with Crippen molar-refractivity contribution < 1.29 is 13.2 Å². The molecule has 2 rings (SSSR count). The van der Waals surface area contributed by atoms with Gasteiger partial charge in [-0.15, -0.1) is 0 Å². The lowest BCUT2D eigenvalue weighted by molar-refractivity contribution is -0.126. The van der Waals surface area contributed by atoms with Crippen molar-refractivity contribution in [2.75, 3.05) is 25.5 Å². The van der Waals surface area contributed by atoms with E-state index < -0.39 is 16.1 Å². The van der Waals surface area contributed by atoms with Gasteiger partial charge in [-0.1, -0.05) is 19.1 Å². The van der Waals surface area contributed by atoms with Gasteiger partial charge >= 0.3 is 0 Å². The molecule has 1 heterocycles. The number of amides is 1. The first-order chi connectivity index (χ1) is 9.52. The van der Waals surface area contributed by atoms with Crippen molar-refractivity contribution in [3.63, 3.8) is 0 Å². The number of hydrogen-bond acceptors (Lipinski definition) is 4. The van der Waals surface area contributed by atoms with Crippen molar-refractivity contribution in [1.82, 2.24) is 9.62 Å². The molecule has 1 amide bonds. The largest absolute Gasteiger partial charge is 0.387 e. The van der Waals surface area contributed by atoms with Crippen LogP contribution in [-0.4, -0.2) is 44.8 Å². The molecule has 0 aromatic heterocycles. The quantitative estimate of drug-likeness (QED) is 0.854. The molecule has 1 fully saturated rings. The fraction of sp³-hybridized carbons (Fsp3) is 0.462. The predicted octanol–water partition coefficient (Wildman–Crippen LogP) is 0.627. The lowest BCUT2D eigenvalue weighted by Gasteiger charge is -2.33. The number of carbonyl (C=O) groups is 1. The normalized spacial score (nSPS) is 20.5. The zero-order chi connectivity index (χ0) is 14.8. The van der Waals surface area contributed by atoms with Crippen LogP contribution in [0.2, 0.25) is 0 Å². The zero-order valence-electron chi connectivity index (χ0n) is 11.6. The highest BCUT2D eigenvalue weighted by molar-refractivity contribution is 7.89. The van der Waals surface area contributed by atoms with Crippen LogP contribution in [-0.2, 0) is 14.8 Å². The maximum Gasteiger partial charge on any atom is 0.245 e. The molecule has 1 unspecified atom stereocenters. The van der Waals surface area contributed by atoms with Crippen LogP contribution in [0.1, 0.15) is 13.3 Å². The Bertz CT molecular complexity index is 601. The Balaban J connectivity index is 2.46. The van der Waals surface area contributed by atoms with E-state index in [-0.39, 0.29) is 10.8 Å². The van der Waals surface area contributed by atoms with Crippen LogP contribution in [0.15, 0.2) is 29.2 Å². The monoisotopic (exact) mass is 297 g/mol. The summed E-state index contributed by atoms with van der Waals surface area (Å²) in [4.78, 5) is 12.0. The third kappa shape index (κ3) is 2.51. The molecule has 2 N–H and O–H groups in total. The van der Waals surface area contributed by atoms with E-state index in [1.54, 1.807) is 31.3 Å². The number of rotatable bonds is 4. The molecule has 1 aromatic carbocycles. The minimum absolute atomic E-state index is 0.204. The second kappa shape index (κ2) is 5.80. The summed E-state index contributed by atoms with van der Waals surface area (Å²) in [5.74, 6) is -0.232. The van der Waals surface area contributed by atoms with Crippen LogP contribution in [0.4, 0.5) is 5.69 Å². The molecule has 1 atom stereocenters. The number of nitrogens with zero attached hydrogens (tertiary/aromatic N) is 1. The summed E-state index contributed by atoms with van der Waals surface area (Å²) in [5.41, 5.74) is 0.535. The molecule has 1 aliphatic rings. The predicted molar refractivity (Wildman–Crippen MR) is 77.0 cm³/mol. The van der Waals surface area contributed by atoms with E-state index in [4.69, 9.17) is 0 Å². The molecule has 0 aliphatic carbocycles. The van der Waals surface area contributed by atoms with Crippen molar-refractivity contribution >= 4 is 21.6 Å². The second-order valence-electron chi connectivity index (χ2n) is 4.58. The van der Waals surface area contributed by atoms with Gasteiger partial charge in [0.1, 0.15) is 10.9 Å². The summed E-state index contributed by atoms with van der Waals surface area (Å²) in [6.45, 7) is 2.45. The molecule has 110 valence electrons. The first-order valence-corrected chi connectivity index (χ1v) is 8.02. The lowest BCUT2D eigenvalue weighted by Crippen LogP contribution is -2.56. The van der Waals surface area contributed by atoms with Crippen LogP contribution >= 0.6 is 0 Å². The number of sulfonamides is 1. The zero-order valence-corrected chi connectivity index (χ0v) is 12.4. The highest BCUT2D eigenvalue weighted by Gasteiger charge is 2.38. The standard InChI is InChI=1S/C13H19N3O3S/c1-3-11-13(17)15-8-9-16(11)20(18,19)12-7-5-4-6-10(12)14-2/h4-7,11,14H,3,8-9H2,1-2H3,(H,15,17). The number of benzene rings is 1. The Morgan fingerprint density at radius 2 is 2.10 bits per heavy atom. The van der Waals surface area contributed by atoms with Crippen LogP contribution in [0.3, 0.4) is 0 Å². The van der Waals surface area contributed by atoms with Gasteiger partial charge in [-0.25, -0.2) is 8.42 Å². The summed E-state index contributed by atoms with van der Waals surface area (Å²) >= 11 is 0. The summed E-state index contributed by atoms with van der Waals surface area (Å²) in [6.07, 6.45) is 0.451. The Hall–Kier alpha value is -1.60. The number of nitrogens with one attached hydrogen (secondary N) is 2. The van der Waals surface area contributed by atoms with E-state index in [2.05, 4.69) is 10.6 Å². The number of piperazine rings is 1. The van der Waals surface area contributed by atoms with Crippen molar-refractivity contribution in [1.29, 1.82) is 0 Å². The van der Waals surface area contributed by atoms with Crippen LogP contribution in [0.5, 0.6) is 0 Å². The molecule has 6 nitrogen and oxygen atoms in total. The van der Waals surface area contributed by atoms with Crippen molar-refractivity contribution in [3.8, 4) is 0 Å². The number of hydrogen-bond donors (Lipinski definition) is 2. The highest BCUT2D eigenvalue weighted by Crippen LogP contribution is 2.26. The van der Waals surface area contributed by atoms with E-state index in [1.165, 1.54) is 4.31 Å². The van der Waals surface area contributed by atoms with Crippen molar-refractivity contribution in [3.05, 3.63) is 24.3 Å². The van der Waals surface area contributed by atoms with Gasteiger partial charge in [0, 0.05) is 20.1 Å². The third-order valence-corrected chi connectivity index (χ3v) is 5.38. The SMILES string of the molecule is CCC1C(=O)NCCN1S(=O)(=O)c1ccccc1NC. The number of carbonyl (C=O) groups excluding carboxylic acids is 1. The van der Waals surface area contributed by atoms with Gasteiger partial charge in [-0.05, 0) is 18.6 Å². The Morgan fingerprint density at radius 1 is 1.40 bits per heavy atom. The molecule has 0 radical (unpaired) electrons. The Labute approximate surface area is 119 Å². The van der Waals surface area contributed by atoms with Crippen molar-refractivity contribution in [2.45, 2.75) is 24.3 Å². The van der Waals surface area contributed by atoms with E-state index in [0.717, 1.165) is 0 Å². The molecule has 1 aromatic rings. The molecule has 7 heteroatoms. The summed E-state index contributed by atoms with van der Waals surface area (Å²) in [5, 5.41) is 5.58. The fourth-order valence-electron chi connectivity index (χ4n) is 2.39. The molecule has 0 spiro atoms. The van der Waals surface area contributed by atoms with Gasteiger partial charge in [0.2, 0.25) is 15.9 Å². The van der Waals surface area contributed by atoms with Gasteiger partial charge < -0.3 is 10.6 Å². The summed E-state index contributed by atoms with van der Waals surface area (Å²) in [7, 11) is -2.01. The second-order valence-corrected chi connectivity index (χ2v) is 6.44. The molecule has 0 saturated carbocycles. The van der Waals surface area contributed by atoms with E-state index in [1.807, 2.05) is 6.92 Å². The van der Waals surface area contributed by atoms with E-state index in [9.17, 15) is 13.2 Å². The molecule has 20 heavy (non-hydrogen) atoms. The first kappa shape index (κ1) is 14.8. The van der Waals surface area contributed by atoms with E-state index >= 15 is 0 Å². The van der Waals surface area contributed by atoms with Gasteiger partial charge in [-0.3, -0.25) is 4.79 Å². The molecule has 1 aliphatic heterocycles. The lowest BCUT2D eigenvalue weighted by atomic mass is 10.2. The number of anilines is 1. The molecule has 0 bridgehead atoms. The van der Waals surface area contributed by atoms with E-state index in [0.29, 0.717) is 25.2 Å². The molecular formula is C13H19N3O3S. The average Bonchev–Trinajstić information content (AvgIpc) is 2.46. The van der Waals surface area contributed by atoms with Gasteiger partial charge in [0.15, 0.2) is 0 Å².